The zero-order valence-electron chi connectivity index (χ0n) is 17.6. The van der Waals surface area contributed by atoms with E-state index < -0.39 is 0 Å². The Hall–Kier alpha value is -3.25. The van der Waals surface area contributed by atoms with Gasteiger partial charge in [0.05, 0.1) is 25.7 Å². The number of carbonyl (C=O) groups is 1. The second kappa shape index (κ2) is 10.9. The van der Waals surface area contributed by atoms with Crippen molar-refractivity contribution >= 4 is 50.9 Å². The van der Waals surface area contributed by atoms with E-state index in [1.165, 1.54) is 4.68 Å². The molecule has 0 aliphatic heterocycles. The van der Waals surface area contributed by atoms with E-state index in [-0.39, 0.29) is 17.6 Å². The lowest BCUT2D eigenvalue weighted by atomic mass is 10.1. The molecule has 0 radical (unpaired) electrons. The number of carbonyl (C=O) groups excluding carboxylic acids is 1. The molecule has 0 fully saturated rings. The normalized spacial score (nSPS) is 11.2. The number of nitrogens with one attached hydrogen (secondary N) is 2. The Bertz CT molecular complexity index is 1100. The predicted molar refractivity (Wildman–Crippen MR) is 129 cm³/mol. The van der Waals surface area contributed by atoms with E-state index >= 15 is 0 Å². The largest absolute Gasteiger partial charge is 0.497 e. The zero-order chi connectivity index (χ0) is 23.1. The predicted octanol–water partition coefficient (Wildman–Crippen LogP) is 3.34. The number of hydrogen-bond donors (Lipinski definition) is 3. The van der Waals surface area contributed by atoms with Crippen molar-refractivity contribution in [2.75, 3.05) is 36.6 Å². The van der Waals surface area contributed by atoms with Gasteiger partial charge in [0.15, 0.2) is 0 Å². The minimum Gasteiger partial charge on any atom is -0.497 e. The van der Waals surface area contributed by atoms with Crippen molar-refractivity contribution in [2.24, 2.45) is 5.10 Å². The summed E-state index contributed by atoms with van der Waals surface area (Å²) in [5.74, 6) is 7.26. The van der Waals surface area contributed by atoms with Crippen molar-refractivity contribution in [1.29, 1.82) is 0 Å². The number of halogens is 1. The first-order chi connectivity index (χ1) is 15.4. The average molecular weight is 520 g/mol. The summed E-state index contributed by atoms with van der Waals surface area (Å²) in [6.07, 6.45) is 0. The fourth-order valence-corrected chi connectivity index (χ4v) is 3.47. The summed E-state index contributed by atoms with van der Waals surface area (Å²) in [4.78, 5) is 12.3. The maximum Gasteiger partial charge on any atom is 0.264 e. The van der Waals surface area contributed by atoms with E-state index in [0.29, 0.717) is 22.3 Å². The molecule has 32 heavy (non-hydrogen) atoms. The fraction of sp³-hybridized carbons (Fsp3) is 0.200. The summed E-state index contributed by atoms with van der Waals surface area (Å²) in [5.41, 5.74) is 5.06. The van der Waals surface area contributed by atoms with Crippen LogP contribution in [0.25, 0.3) is 0 Å². The lowest BCUT2D eigenvalue weighted by Gasteiger charge is -2.09. The van der Waals surface area contributed by atoms with Crippen LogP contribution >= 0.6 is 27.7 Å². The first kappa shape index (κ1) is 23.4. The first-order valence-electron chi connectivity index (χ1n) is 9.32. The van der Waals surface area contributed by atoms with Crippen LogP contribution in [0, 0.1) is 0 Å². The van der Waals surface area contributed by atoms with Crippen molar-refractivity contribution in [3.05, 3.63) is 52.5 Å². The van der Waals surface area contributed by atoms with Crippen LogP contribution in [0.1, 0.15) is 12.5 Å². The summed E-state index contributed by atoms with van der Waals surface area (Å²) in [6.45, 7) is 1.86. The molecule has 1 heterocycles. The fourth-order valence-electron chi connectivity index (χ4n) is 2.55. The molecule has 0 saturated carbocycles. The molecule has 0 unspecified atom stereocenters. The van der Waals surface area contributed by atoms with Crippen molar-refractivity contribution in [1.82, 2.24) is 14.9 Å². The molecule has 10 nitrogen and oxygen atoms in total. The molecule has 1 amide bonds. The quantitative estimate of drug-likeness (QED) is 0.170. The number of amides is 1. The average Bonchev–Trinajstić information content (AvgIpc) is 3.15. The van der Waals surface area contributed by atoms with Crippen LogP contribution in [0.3, 0.4) is 0 Å². The highest BCUT2D eigenvalue weighted by Gasteiger charge is 2.13. The van der Waals surface area contributed by atoms with Gasteiger partial charge in [0.1, 0.15) is 11.5 Å². The molecule has 4 N–H and O–H groups in total. The van der Waals surface area contributed by atoms with E-state index in [9.17, 15) is 4.79 Å². The Balaban J connectivity index is 1.58. The van der Waals surface area contributed by atoms with Gasteiger partial charge in [-0.3, -0.25) is 4.79 Å². The van der Waals surface area contributed by atoms with Gasteiger partial charge in [-0.1, -0.05) is 39.8 Å². The summed E-state index contributed by atoms with van der Waals surface area (Å²) in [7, 11) is 3.08. The van der Waals surface area contributed by atoms with Crippen molar-refractivity contribution in [2.45, 2.75) is 12.1 Å². The molecule has 0 atom stereocenters. The molecular formula is C20H22BrN7O3S. The van der Waals surface area contributed by atoms with Gasteiger partial charge in [-0.25, -0.2) is 10.1 Å². The smallest absolute Gasteiger partial charge is 0.264 e. The molecule has 12 heteroatoms. The molecule has 0 saturated heterocycles. The number of ether oxygens (including phenoxy) is 2. The molecule has 1 aromatic heterocycles. The Kier molecular flexibility index (Phi) is 7.95. The maximum atomic E-state index is 12.3. The highest BCUT2D eigenvalue weighted by Crippen LogP contribution is 2.26. The van der Waals surface area contributed by atoms with Gasteiger partial charge in [0, 0.05) is 28.4 Å². The number of hydrazone groups is 1. The Morgan fingerprint density at radius 2 is 1.81 bits per heavy atom. The lowest BCUT2D eigenvalue weighted by Crippen LogP contribution is -2.17. The van der Waals surface area contributed by atoms with Crippen LogP contribution in [-0.2, 0) is 4.79 Å². The van der Waals surface area contributed by atoms with Gasteiger partial charge in [0.25, 0.3) is 5.95 Å². The Labute approximate surface area is 197 Å². The SMILES string of the molecule is COc1cc(NC(=O)CSc2nnc(N/N=C(\C)c3ccc(Br)cc3)n2N)cc(OC)c1. The number of anilines is 2. The lowest BCUT2D eigenvalue weighted by molar-refractivity contribution is -0.113. The maximum absolute atomic E-state index is 12.3. The summed E-state index contributed by atoms with van der Waals surface area (Å²) < 4.78 is 12.6. The number of methoxy groups -OCH3 is 2. The molecule has 3 aromatic rings. The van der Waals surface area contributed by atoms with Crippen molar-refractivity contribution < 1.29 is 14.3 Å². The van der Waals surface area contributed by atoms with Crippen LogP contribution in [0.15, 0.2) is 57.2 Å². The summed E-state index contributed by atoms with van der Waals surface area (Å²) >= 11 is 4.55. The van der Waals surface area contributed by atoms with Gasteiger partial charge < -0.3 is 20.6 Å². The molecule has 168 valence electrons. The van der Waals surface area contributed by atoms with Crippen molar-refractivity contribution in [3.63, 3.8) is 0 Å². The van der Waals surface area contributed by atoms with Crippen LogP contribution in [-0.4, -0.2) is 46.5 Å². The van der Waals surface area contributed by atoms with E-state index in [1.54, 1.807) is 32.4 Å². The Morgan fingerprint density at radius 3 is 2.44 bits per heavy atom. The van der Waals surface area contributed by atoms with Crippen LogP contribution in [0.4, 0.5) is 11.6 Å². The Morgan fingerprint density at radius 1 is 1.16 bits per heavy atom. The minimum absolute atomic E-state index is 0.0794. The van der Waals surface area contributed by atoms with Gasteiger partial charge in [-0.15, -0.1) is 10.2 Å². The monoisotopic (exact) mass is 519 g/mol. The van der Waals surface area contributed by atoms with Crippen LogP contribution < -0.4 is 26.1 Å². The van der Waals surface area contributed by atoms with E-state index in [1.807, 2.05) is 31.2 Å². The minimum atomic E-state index is -0.244. The first-order valence-corrected chi connectivity index (χ1v) is 11.1. The topological polar surface area (TPSA) is 129 Å². The van der Waals surface area contributed by atoms with Gasteiger partial charge >= 0.3 is 0 Å². The number of thioether (sulfide) groups is 1. The van der Waals surface area contributed by atoms with E-state index in [0.717, 1.165) is 27.5 Å². The third kappa shape index (κ3) is 6.14. The number of hydrogen-bond acceptors (Lipinski definition) is 9. The standard InChI is InChI=1S/C20H22BrN7O3S/c1-12(13-4-6-14(21)7-5-13)24-25-19-26-27-20(28(19)22)32-11-18(29)23-15-8-16(30-2)10-17(9-15)31-3/h4-10H,11,22H2,1-3H3,(H,23,29)(H,25,26)/b24-12+. The second-order valence-electron chi connectivity index (χ2n) is 6.43. The molecule has 0 bridgehead atoms. The highest BCUT2D eigenvalue weighted by molar-refractivity contribution is 9.10. The molecule has 0 aliphatic carbocycles. The van der Waals surface area contributed by atoms with E-state index in [2.05, 4.69) is 42.0 Å². The number of rotatable bonds is 9. The molecule has 0 aliphatic rings. The molecule has 0 spiro atoms. The summed E-state index contributed by atoms with van der Waals surface area (Å²) in [5, 5.41) is 15.4. The van der Waals surface area contributed by atoms with Gasteiger partial charge in [-0.05, 0) is 24.6 Å². The number of aromatic nitrogens is 3. The zero-order valence-corrected chi connectivity index (χ0v) is 20.0. The number of nitrogens with two attached hydrogens (primary N) is 1. The number of nitrogens with zero attached hydrogens (tertiary/aromatic N) is 4. The molecular weight excluding hydrogens is 498 g/mol. The highest BCUT2D eigenvalue weighted by atomic mass is 79.9. The van der Waals surface area contributed by atoms with Gasteiger partial charge in [-0.2, -0.15) is 5.10 Å². The third-order valence-corrected chi connectivity index (χ3v) is 5.69. The molecule has 3 rings (SSSR count). The van der Waals surface area contributed by atoms with Gasteiger partial charge in [0.2, 0.25) is 11.1 Å². The second-order valence-corrected chi connectivity index (χ2v) is 8.29. The van der Waals surface area contributed by atoms with Crippen LogP contribution in [0.2, 0.25) is 0 Å². The summed E-state index contributed by atoms with van der Waals surface area (Å²) in [6, 6.07) is 12.9. The van der Waals surface area contributed by atoms with E-state index in [4.69, 9.17) is 15.3 Å². The van der Waals surface area contributed by atoms with Crippen molar-refractivity contribution in [3.8, 4) is 11.5 Å². The third-order valence-electron chi connectivity index (χ3n) is 4.22. The van der Waals surface area contributed by atoms with Crippen LogP contribution in [0.5, 0.6) is 11.5 Å². The number of benzene rings is 2. The molecule has 2 aromatic carbocycles. The number of nitrogen functional groups attached to an aromatic ring is 1.